The Bertz CT molecular complexity index is 441. The summed E-state index contributed by atoms with van der Waals surface area (Å²) in [6, 6.07) is 0. The molecule has 0 spiro atoms. The van der Waals surface area contributed by atoms with Crippen LogP contribution in [0, 0.1) is 11.3 Å². The Kier molecular flexibility index (Phi) is 3.93. The van der Waals surface area contributed by atoms with Crippen LogP contribution in [0.15, 0.2) is 6.20 Å². The normalized spacial score (nSPS) is 25.3. The van der Waals surface area contributed by atoms with Gasteiger partial charge < -0.3 is 5.11 Å². The maximum atomic E-state index is 12.5. The fourth-order valence-corrected chi connectivity index (χ4v) is 3.69. The van der Waals surface area contributed by atoms with E-state index in [0.717, 1.165) is 25.7 Å². The molecular formula is C13H18F3NOS. The van der Waals surface area contributed by atoms with Gasteiger partial charge in [0.2, 0.25) is 0 Å². The van der Waals surface area contributed by atoms with Gasteiger partial charge in [0.05, 0.1) is 11.0 Å². The Hall–Kier alpha value is -0.620. The SMILES string of the molecule is CC1(C)CCCCC1C(O)c1cnc(C(F)(F)F)s1. The van der Waals surface area contributed by atoms with Crippen LogP contribution in [0.4, 0.5) is 13.2 Å². The second kappa shape index (κ2) is 5.05. The first-order valence-electron chi connectivity index (χ1n) is 6.43. The van der Waals surface area contributed by atoms with Gasteiger partial charge in [0, 0.05) is 6.20 Å². The standard InChI is InChI=1S/C13H18F3NOS/c1-12(2)6-4-3-5-8(12)10(18)9-7-17-11(19-9)13(14,15)16/h7-8,10,18H,3-6H2,1-2H3. The minimum absolute atomic E-state index is 0.00258. The van der Waals surface area contributed by atoms with Gasteiger partial charge in [-0.25, -0.2) is 4.98 Å². The minimum Gasteiger partial charge on any atom is -0.387 e. The Balaban J connectivity index is 2.19. The molecule has 2 unspecified atom stereocenters. The third-order valence-electron chi connectivity index (χ3n) is 4.03. The maximum Gasteiger partial charge on any atom is 0.443 e. The van der Waals surface area contributed by atoms with Crippen LogP contribution < -0.4 is 0 Å². The van der Waals surface area contributed by atoms with E-state index in [1.54, 1.807) is 0 Å². The van der Waals surface area contributed by atoms with Gasteiger partial charge in [-0.05, 0) is 24.2 Å². The summed E-state index contributed by atoms with van der Waals surface area (Å²) in [4.78, 5) is 3.71. The van der Waals surface area contributed by atoms with Crippen molar-refractivity contribution in [3.63, 3.8) is 0 Å². The molecule has 0 aliphatic heterocycles. The fraction of sp³-hybridized carbons (Fsp3) is 0.769. The van der Waals surface area contributed by atoms with Crippen LogP contribution in [-0.4, -0.2) is 10.1 Å². The monoisotopic (exact) mass is 293 g/mol. The minimum atomic E-state index is -4.43. The molecular weight excluding hydrogens is 275 g/mol. The molecule has 1 aromatic heterocycles. The molecule has 1 aliphatic rings. The molecule has 0 radical (unpaired) electrons. The zero-order valence-corrected chi connectivity index (χ0v) is 11.8. The number of hydrogen-bond acceptors (Lipinski definition) is 3. The van der Waals surface area contributed by atoms with Gasteiger partial charge in [-0.15, -0.1) is 11.3 Å². The third kappa shape index (κ3) is 3.11. The van der Waals surface area contributed by atoms with Gasteiger partial charge in [0.15, 0.2) is 5.01 Å². The number of alkyl halides is 3. The molecule has 1 aromatic rings. The van der Waals surface area contributed by atoms with Crippen molar-refractivity contribution in [3.05, 3.63) is 16.1 Å². The Morgan fingerprint density at radius 3 is 2.63 bits per heavy atom. The van der Waals surface area contributed by atoms with E-state index < -0.39 is 17.3 Å². The van der Waals surface area contributed by atoms with Gasteiger partial charge in [-0.2, -0.15) is 13.2 Å². The Morgan fingerprint density at radius 2 is 2.11 bits per heavy atom. The topological polar surface area (TPSA) is 33.1 Å². The number of halogens is 3. The van der Waals surface area contributed by atoms with Gasteiger partial charge >= 0.3 is 6.18 Å². The lowest BCUT2D eigenvalue weighted by Crippen LogP contribution is -2.32. The number of thiazole rings is 1. The molecule has 1 aliphatic carbocycles. The highest BCUT2D eigenvalue weighted by atomic mass is 32.1. The number of nitrogens with zero attached hydrogens (tertiary/aromatic N) is 1. The number of aliphatic hydroxyl groups is 1. The molecule has 1 fully saturated rings. The van der Waals surface area contributed by atoms with Crippen LogP contribution in [0.25, 0.3) is 0 Å². The third-order valence-corrected chi connectivity index (χ3v) is 5.14. The molecule has 6 heteroatoms. The molecule has 0 saturated heterocycles. The number of aliphatic hydroxyl groups excluding tert-OH is 1. The molecule has 19 heavy (non-hydrogen) atoms. The first-order valence-corrected chi connectivity index (χ1v) is 7.24. The molecule has 1 N–H and O–H groups in total. The highest BCUT2D eigenvalue weighted by Gasteiger charge is 2.40. The van der Waals surface area contributed by atoms with Crippen LogP contribution in [-0.2, 0) is 6.18 Å². The van der Waals surface area contributed by atoms with Crippen molar-refractivity contribution >= 4 is 11.3 Å². The average molecular weight is 293 g/mol. The molecule has 2 nitrogen and oxygen atoms in total. The van der Waals surface area contributed by atoms with E-state index in [-0.39, 0.29) is 11.3 Å². The summed E-state index contributed by atoms with van der Waals surface area (Å²) in [6.45, 7) is 4.15. The smallest absolute Gasteiger partial charge is 0.387 e. The molecule has 108 valence electrons. The summed E-state index contributed by atoms with van der Waals surface area (Å²) in [5.74, 6) is 0.00258. The molecule has 0 bridgehead atoms. The molecule has 1 heterocycles. The van der Waals surface area contributed by atoms with Gasteiger partial charge in [-0.3, -0.25) is 0 Å². The highest BCUT2D eigenvalue weighted by molar-refractivity contribution is 7.11. The van der Waals surface area contributed by atoms with Crippen molar-refractivity contribution in [3.8, 4) is 0 Å². The quantitative estimate of drug-likeness (QED) is 0.876. The summed E-state index contributed by atoms with van der Waals surface area (Å²) >= 11 is 0.556. The average Bonchev–Trinajstić information content (AvgIpc) is 2.76. The van der Waals surface area contributed by atoms with E-state index in [1.165, 1.54) is 6.20 Å². The fourth-order valence-electron chi connectivity index (χ4n) is 2.86. The largest absolute Gasteiger partial charge is 0.443 e. The van der Waals surface area contributed by atoms with Crippen molar-refractivity contribution in [2.45, 2.75) is 51.8 Å². The van der Waals surface area contributed by atoms with Gasteiger partial charge in [0.25, 0.3) is 0 Å². The lowest BCUT2D eigenvalue weighted by Gasteiger charge is -2.41. The first kappa shape index (κ1) is 14.8. The van der Waals surface area contributed by atoms with Crippen LogP contribution in [0.5, 0.6) is 0 Å². The summed E-state index contributed by atoms with van der Waals surface area (Å²) in [7, 11) is 0. The Morgan fingerprint density at radius 1 is 1.42 bits per heavy atom. The van der Waals surface area contributed by atoms with E-state index in [1.807, 2.05) is 0 Å². The van der Waals surface area contributed by atoms with E-state index in [0.29, 0.717) is 16.2 Å². The molecule has 2 atom stereocenters. The predicted molar refractivity (Wildman–Crippen MR) is 67.8 cm³/mol. The zero-order chi connectivity index (χ0) is 14.3. The molecule has 2 rings (SSSR count). The Labute approximate surface area is 114 Å². The van der Waals surface area contributed by atoms with E-state index in [9.17, 15) is 18.3 Å². The molecule has 1 saturated carbocycles. The van der Waals surface area contributed by atoms with Crippen LogP contribution in [0.2, 0.25) is 0 Å². The second-order valence-corrected chi connectivity index (χ2v) is 6.91. The summed E-state index contributed by atoms with van der Waals surface area (Å²) in [6.07, 6.45) is -0.104. The number of hydrogen-bond donors (Lipinski definition) is 1. The van der Waals surface area contributed by atoms with Crippen molar-refractivity contribution in [2.75, 3.05) is 0 Å². The van der Waals surface area contributed by atoms with Crippen LogP contribution in [0.3, 0.4) is 0 Å². The van der Waals surface area contributed by atoms with Crippen LogP contribution >= 0.6 is 11.3 Å². The molecule has 0 amide bonds. The molecule has 0 aromatic carbocycles. The summed E-state index contributed by atoms with van der Waals surface area (Å²) in [5.41, 5.74) is -0.0416. The number of rotatable bonds is 2. The van der Waals surface area contributed by atoms with E-state index in [4.69, 9.17) is 0 Å². The lowest BCUT2D eigenvalue weighted by atomic mass is 9.66. The maximum absolute atomic E-state index is 12.5. The second-order valence-electron chi connectivity index (χ2n) is 5.85. The lowest BCUT2D eigenvalue weighted by molar-refractivity contribution is -0.137. The zero-order valence-electron chi connectivity index (χ0n) is 11.0. The van der Waals surface area contributed by atoms with Gasteiger partial charge in [-0.1, -0.05) is 26.7 Å². The van der Waals surface area contributed by atoms with Crippen LogP contribution in [0.1, 0.15) is 55.5 Å². The first-order chi connectivity index (χ1) is 8.72. The van der Waals surface area contributed by atoms with Crippen molar-refractivity contribution in [1.82, 2.24) is 4.98 Å². The summed E-state index contributed by atoms with van der Waals surface area (Å²) < 4.78 is 37.6. The van der Waals surface area contributed by atoms with Crippen molar-refractivity contribution < 1.29 is 18.3 Å². The predicted octanol–water partition coefficient (Wildman–Crippen LogP) is 4.41. The van der Waals surface area contributed by atoms with Gasteiger partial charge in [0.1, 0.15) is 0 Å². The van der Waals surface area contributed by atoms with Crippen molar-refractivity contribution in [2.24, 2.45) is 11.3 Å². The van der Waals surface area contributed by atoms with E-state index in [2.05, 4.69) is 18.8 Å². The number of aromatic nitrogens is 1. The highest BCUT2D eigenvalue weighted by Crippen LogP contribution is 2.48. The summed E-state index contributed by atoms with van der Waals surface area (Å²) in [5, 5.41) is 9.48. The van der Waals surface area contributed by atoms with E-state index >= 15 is 0 Å². The van der Waals surface area contributed by atoms with Crippen molar-refractivity contribution in [1.29, 1.82) is 0 Å².